The number of carbonyl (C=O) groups is 1. The number of hydrogen-bond acceptors (Lipinski definition) is 6. The Hall–Kier alpha value is -1.67. The van der Waals surface area contributed by atoms with E-state index < -0.39 is 6.10 Å². The number of anilines is 1. The summed E-state index contributed by atoms with van der Waals surface area (Å²) >= 11 is 1.40. The Morgan fingerprint density at radius 2 is 2.25 bits per heavy atom. The Balaban J connectivity index is 0.00000208. The van der Waals surface area contributed by atoms with Crippen LogP contribution in [0.15, 0.2) is 29.6 Å². The summed E-state index contributed by atoms with van der Waals surface area (Å²) in [5.74, 6) is 0.673. The molecule has 2 heterocycles. The highest BCUT2D eigenvalue weighted by Gasteiger charge is 2.22. The van der Waals surface area contributed by atoms with E-state index in [9.17, 15) is 4.79 Å². The smallest absolute Gasteiger partial charge is 0.256 e. The van der Waals surface area contributed by atoms with Gasteiger partial charge in [0, 0.05) is 24.0 Å². The number of amides is 1. The lowest BCUT2D eigenvalue weighted by atomic mass is 10.2. The fourth-order valence-corrected chi connectivity index (χ4v) is 2.99. The van der Waals surface area contributed by atoms with E-state index in [1.54, 1.807) is 0 Å². The molecule has 1 aliphatic rings. The molecule has 8 heteroatoms. The zero-order valence-electron chi connectivity index (χ0n) is 13.3. The summed E-state index contributed by atoms with van der Waals surface area (Å²) < 4.78 is 10.9. The van der Waals surface area contributed by atoms with Crippen molar-refractivity contribution in [1.82, 2.24) is 10.3 Å². The van der Waals surface area contributed by atoms with Gasteiger partial charge in [-0.15, -0.1) is 23.7 Å². The third kappa shape index (κ3) is 4.67. The number of nitrogens with zero attached hydrogens (tertiary/aromatic N) is 1. The second kappa shape index (κ2) is 8.98. The van der Waals surface area contributed by atoms with E-state index in [-0.39, 0.29) is 18.3 Å². The Kier molecular flexibility index (Phi) is 6.99. The summed E-state index contributed by atoms with van der Waals surface area (Å²) in [6, 6.07) is 7.75. The molecular weight excluding hydrogens is 350 g/mol. The number of thiazole rings is 1. The van der Waals surface area contributed by atoms with Gasteiger partial charge >= 0.3 is 0 Å². The molecule has 2 N–H and O–H groups in total. The minimum atomic E-state index is -0.457. The predicted octanol–water partition coefficient (Wildman–Crippen LogP) is 2.56. The molecule has 1 fully saturated rings. The molecule has 1 aromatic heterocycles. The molecule has 0 saturated carbocycles. The second-order valence-corrected chi connectivity index (χ2v) is 5.91. The molecule has 0 aliphatic carbocycles. The van der Waals surface area contributed by atoms with Crippen LogP contribution in [-0.4, -0.2) is 43.3 Å². The molecule has 6 nitrogen and oxygen atoms in total. The summed E-state index contributed by atoms with van der Waals surface area (Å²) in [4.78, 5) is 16.6. The quantitative estimate of drug-likeness (QED) is 0.847. The van der Waals surface area contributed by atoms with Gasteiger partial charge in [-0.2, -0.15) is 0 Å². The first-order valence-electron chi connectivity index (χ1n) is 7.58. The molecule has 1 aromatic carbocycles. The number of benzene rings is 1. The van der Waals surface area contributed by atoms with Gasteiger partial charge < -0.3 is 14.8 Å². The van der Waals surface area contributed by atoms with E-state index in [0.29, 0.717) is 24.9 Å². The Bertz CT molecular complexity index is 657. The van der Waals surface area contributed by atoms with Gasteiger partial charge in [-0.3, -0.25) is 10.1 Å². The molecular formula is C16H20ClN3O3S. The average Bonchev–Trinajstić information content (AvgIpc) is 3.05. The summed E-state index contributed by atoms with van der Waals surface area (Å²) in [6.07, 6.45) is -0.457. The monoisotopic (exact) mass is 369 g/mol. The summed E-state index contributed by atoms with van der Waals surface area (Å²) in [5, 5.41) is 8.44. The number of rotatable bonds is 5. The summed E-state index contributed by atoms with van der Waals surface area (Å²) in [7, 11) is 0. The zero-order valence-corrected chi connectivity index (χ0v) is 14.9. The fourth-order valence-electron chi connectivity index (χ4n) is 2.27. The highest BCUT2D eigenvalue weighted by atomic mass is 35.5. The van der Waals surface area contributed by atoms with Gasteiger partial charge in [0.25, 0.3) is 5.91 Å². The molecule has 0 bridgehead atoms. The minimum Gasteiger partial charge on any atom is -0.494 e. The Morgan fingerprint density at radius 1 is 1.46 bits per heavy atom. The normalized spacial score (nSPS) is 17.0. The number of morpholine rings is 1. The van der Waals surface area contributed by atoms with E-state index in [4.69, 9.17) is 9.47 Å². The summed E-state index contributed by atoms with van der Waals surface area (Å²) in [6.45, 7) is 4.46. The molecule has 1 atom stereocenters. The van der Waals surface area contributed by atoms with Crippen LogP contribution >= 0.6 is 23.7 Å². The number of hydrogen-bond donors (Lipinski definition) is 2. The lowest BCUT2D eigenvalue weighted by Crippen LogP contribution is -2.45. The van der Waals surface area contributed by atoms with Gasteiger partial charge in [0.05, 0.1) is 18.9 Å². The van der Waals surface area contributed by atoms with Crippen LogP contribution < -0.4 is 15.4 Å². The van der Waals surface area contributed by atoms with E-state index in [1.165, 1.54) is 11.3 Å². The molecule has 1 amide bonds. The van der Waals surface area contributed by atoms with Gasteiger partial charge in [-0.05, 0) is 31.2 Å². The van der Waals surface area contributed by atoms with Crippen LogP contribution in [0.1, 0.15) is 6.92 Å². The van der Waals surface area contributed by atoms with Crippen molar-refractivity contribution in [3.8, 4) is 17.0 Å². The van der Waals surface area contributed by atoms with Gasteiger partial charge in [0.2, 0.25) is 0 Å². The van der Waals surface area contributed by atoms with Crippen LogP contribution in [0.3, 0.4) is 0 Å². The predicted molar refractivity (Wildman–Crippen MR) is 97.2 cm³/mol. The molecule has 1 aliphatic heterocycles. The third-order valence-electron chi connectivity index (χ3n) is 3.42. The van der Waals surface area contributed by atoms with Crippen molar-refractivity contribution in [2.75, 3.05) is 31.6 Å². The number of ether oxygens (including phenoxy) is 2. The van der Waals surface area contributed by atoms with Crippen LogP contribution in [0.2, 0.25) is 0 Å². The number of nitrogens with one attached hydrogen (secondary N) is 2. The first kappa shape index (κ1) is 18.7. The largest absolute Gasteiger partial charge is 0.494 e. The lowest BCUT2D eigenvalue weighted by molar-refractivity contribution is -0.128. The van der Waals surface area contributed by atoms with E-state index in [2.05, 4.69) is 15.6 Å². The molecule has 1 unspecified atom stereocenters. The zero-order chi connectivity index (χ0) is 16.1. The van der Waals surface area contributed by atoms with Crippen molar-refractivity contribution in [3.63, 3.8) is 0 Å². The van der Waals surface area contributed by atoms with E-state index in [1.807, 2.05) is 36.6 Å². The van der Waals surface area contributed by atoms with Gasteiger partial charge in [0.1, 0.15) is 11.9 Å². The molecule has 130 valence electrons. The van der Waals surface area contributed by atoms with Crippen molar-refractivity contribution >= 4 is 34.8 Å². The van der Waals surface area contributed by atoms with Crippen molar-refractivity contribution in [2.45, 2.75) is 13.0 Å². The first-order valence-corrected chi connectivity index (χ1v) is 8.46. The number of carbonyl (C=O) groups excluding carboxylic acids is 1. The standard InChI is InChI=1S/C16H19N3O3S.ClH/c1-2-21-12-5-3-11(4-6-12)13-10-23-16(18-13)19-15(20)14-9-17-7-8-22-14;/h3-6,10,14,17H,2,7-9H2,1H3,(H,18,19,20);1H. The second-order valence-electron chi connectivity index (χ2n) is 5.05. The van der Waals surface area contributed by atoms with Crippen molar-refractivity contribution in [2.24, 2.45) is 0 Å². The van der Waals surface area contributed by atoms with E-state index >= 15 is 0 Å². The summed E-state index contributed by atoms with van der Waals surface area (Å²) in [5.41, 5.74) is 1.82. The van der Waals surface area contributed by atoms with Crippen molar-refractivity contribution in [1.29, 1.82) is 0 Å². The number of halogens is 1. The molecule has 3 rings (SSSR count). The van der Waals surface area contributed by atoms with Crippen LogP contribution in [-0.2, 0) is 9.53 Å². The number of aromatic nitrogens is 1. The van der Waals surface area contributed by atoms with Crippen LogP contribution in [0.4, 0.5) is 5.13 Å². The minimum absolute atomic E-state index is 0. The maximum Gasteiger partial charge on any atom is 0.256 e. The topological polar surface area (TPSA) is 72.5 Å². The lowest BCUT2D eigenvalue weighted by Gasteiger charge is -2.22. The van der Waals surface area contributed by atoms with Gasteiger partial charge in [-0.25, -0.2) is 4.98 Å². The Labute approximate surface area is 151 Å². The highest BCUT2D eigenvalue weighted by molar-refractivity contribution is 7.14. The third-order valence-corrected chi connectivity index (χ3v) is 4.17. The maximum absolute atomic E-state index is 12.1. The maximum atomic E-state index is 12.1. The van der Waals surface area contributed by atoms with E-state index in [0.717, 1.165) is 23.6 Å². The molecule has 24 heavy (non-hydrogen) atoms. The fraction of sp³-hybridized carbons (Fsp3) is 0.375. The molecule has 1 saturated heterocycles. The molecule has 0 radical (unpaired) electrons. The van der Waals surface area contributed by atoms with Gasteiger partial charge in [0.15, 0.2) is 5.13 Å². The molecule has 2 aromatic rings. The highest BCUT2D eigenvalue weighted by Crippen LogP contribution is 2.26. The Morgan fingerprint density at radius 3 is 2.92 bits per heavy atom. The SMILES string of the molecule is CCOc1ccc(-c2csc(NC(=O)C3CNCCO3)n2)cc1.Cl. The van der Waals surface area contributed by atoms with Crippen molar-refractivity contribution < 1.29 is 14.3 Å². The van der Waals surface area contributed by atoms with Crippen LogP contribution in [0.5, 0.6) is 5.75 Å². The molecule has 0 spiro atoms. The van der Waals surface area contributed by atoms with Crippen LogP contribution in [0.25, 0.3) is 11.3 Å². The average molecular weight is 370 g/mol. The van der Waals surface area contributed by atoms with Crippen molar-refractivity contribution in [3.05, 3.63) is 29.6 Å². The van der Waals surface area contributed by atoms with Gasteiger partial charge in [-0.1, -0.05) is 0 Å². The van der Waals surface area contributed by atoms with Crippen LogP contribution in [0, 0.1) is 0 Å². The first-order chi connectivity index (χ1) is 11.3.